The lowest BCUT2D eigenvalue weighted by atomic mass is 10.2. The van der Waals surface area contributed by atoms with Gasteiger partial charge in [-0.2, -0.15) is 5.10 Å². The molecule has 28 heavy (non-hydrogen) atoms. The number of amides is 1. The molecule has 3 aromatic rings. The van der Waals surface area contributed by atoms with Crippen molar-refractivity contribution in [1.29, 1.82) is 0 Å². The van der Waals surface area contributed by atoms with Crippen molar-refractivity contribution in [2.75, 3.05) is 6.54 Å². The highest BCUT2D eigenvalue weighted by molar-refractivity contribution is 6.30. The molecule has 0 aliphatic rings. The summed E-state index contributed by atoms with van der Waals surface area (Å²) in [4.78, 5) is 13.9. The average Bonchev–Trinajstić information content (AvgIpc) is 2.99. The fraction of sp³-hybridized carbons (Fsp3) is 0.273. The van der Waals surface area contributed by atoms with Gasteiger partial charge in [0.15, 0.2) is 0 Å². The summed E-state index contributed by atoms with van der Waals surface area (Å²) in [7, 11) is 0. The molecule has 0 aliphatic heterocycles. The maximum atomic E-state index is 12.1. The Morgan fingerprint density at radius 1 is 1.14 bits per heavy atom. The topological polar surface area (TPSA) is 47.4 Å². The molecular weight excluding hydrogens is 374 g/mol. The average molecular weight is 398 g/mol. The van der Waals surface area contributed by atoms with E-state index in [0.717, 1.165) is 23.4 Å². The number of rotatable bonds is 7. The van der Waals surface area contributed by atoms with Gasteiger partial charge in [0.1, 0.15) is 5.75 Å². The van der Waals surface area contributed by atoms with E-state index >= 15 is 0 Å². The van der Waals surface area contributed by atoms with Crippen LogP contribution in [0.3, 0.4) is 0 Å². The summed E-state index contributed by atoms with van der Waals surface area (Å²) in [6.07, 6.45) is 0.888. The molecule has 0 fully saturated rings. The number of hydrogen-bond acceptors (Lipinski definition) is 3. The Bertz CT molecular complexity index is 936. The van der Waals surface area contributed by atoms with Crippen LogP contribution in [0.4, 0.5) is 0 Å². The van der Waals surface area contributed by atoms with Gasteiger partial charge in [0.25, 0.3) is 0 Å². The maximum absolute atomic E-state index is 12.1. The molecule has 0 saturated carbocycles. The van der Waals surface area contributed by atoms with Crippen molar-refractivity contribution < 1.29 is 9.53 Å². The number of nitrogens with zero attached hydrogens (tertiary/aromatic N) is 3. The van der Waals surface area contributed by atoms with Gasteiger partial charge < -0.3 is 9.64 Å². The van der Waals surface area contributed by atoms with Gasteiger partial charge in [-0.1, -0.05) is 36.7 Å². The van der Waals surface area contributed by atoms with E-state index in [9.17, 15) is 4.79 Å². The first-order chi connectivity index (χ1) is 13.5. The van der Waals surface area contributed by atoms with Crippen LogP contribution in [0.25, 0.3) is 5.69 Å². The minimum atomic E-state index is 0.0335. The minimum Gasteiger partial charge on any atom is -0.439 e. The summed E-state index contributed by atoms with van der Waals surface area (Å²) >= 11 is 6.00. The number of carbonyl (C=O) groups is 1. The van der Waals surface area contributed by atoms with E-state index in [-0.39, 0.29) is 5.91 Å². The molecule has 0 atom stereocenters. The molecule has 1 heterocycles. The number of aromatic nitrogens is 2. The third kappa shape index (κ3) is 4.54. The first-order valence-corrected chi connectivity index (χ1v) is 9.70. The van der Waals surface area contributed by atoms with Crippen LogP contribution in [0.15, 0.2) is 54.6 Å². The first-order valence-electron chi connectivity index (χ1n) is 9.32. The van der Waals surface area contributed by atoms with Gasteiger partial charge in [-0.15, -0.1) is 0 Å². The van der Waals surface area contributed by atoms with E-state index in [2.05, 4.69) is 6.92 Å². The predicted molar refractivity (Wildman–Crippen MR) is 111 cm³/mol. The van der Waals surface area contributed by atoms with Crippen LogP contribution >= 0.6 is 11.6 Å². The molecule has 0 saturated heterocycles. The third-order valence-electron chi connectivity index (χ3n) is 4.45. The molecule has 2 aromatic carbocycles. The lowest BCUT2D eigenvalue weighted by Gasteiger charge is -2.21. The summed E-state index contributed by atoms with van der Waals surface area (Å²) in [6, 6.07) is 17.0. The fourth-order valence-corrected chi connectivity index (χ4v) is 3.12. The largest absolute Gasteiger partial charge is 0.439 e. The first kappa shape index (κ1) is 20.0. The van der Waals surface area contributed by atoms with Crippen LogP contribution in [-0.2, 0) is 11.3 Å². The lowest BCUT2D eigenvalue weighted by molar-refractivity contribution is -0.129. The summed E-state index contributed by atoms with van der Waals surface area (Å²) in [5.74, 6) is 1.30. The van der Waals surface area contributed by atoms with Crippen molar-refractivity contribution in [2.24, 2.45) is 0 Å². The van der Waals surface area contributed by atoms with Crippen molar-refractivity contribution in [3.63, 3.8) is 0 Å². The fourth-order valence-electron chi connectivity index (χ4n) is 2.99. The molecule has 0 spiro atoms. The Balaban J connectivity index is 2.06. The van der Waals surface area contributed by atoms with Crippen LogP contribution in [0, 0.1) is 6.92 Å². The molecule has 0 aliphatic carbocycles. The van der Waals surface area contributed by atoms with Crippen LogP contribution in [-0.4, -0.2) is 27.1 Å². The maximum Gasteiger partial charge on any atom is 0.227 e. The molecule has 5 nitrogen and oxygen atoms in total. The zero-order valence-electron chi connectivity index (χ0n) is 16.4. The SMILES string of the molecule is CCCN(Cc1c(C)nn(-c2ccccc2)c1Oc1ccc(Cl)cc1)C(C)=O. The van der Waals surface area contributed by atoms with Crippen molar-refractivity contribution in [3.05, 3.63) is 70.9 Å². The number of para-hydroxylation sites is 1. The zero-order chi connectivity index (χ0) is 20.1. The van der Waals surface area contributed by atoms with Crippen molar-refractivity contribution in [2.45, 2.75) is 33.7 Å². The molecule has 146 valence electrons. The van der Waals surface area contributed by atoms with Gasteiger partial charge >= 0.3 is 0 Å². The van der Waals surface area contributed by atoms with Crippen LogP contribution in [0.5, 0.6) is 11.6 Å². The number of hydrogen-bond donors (Lipinski definition) is 0. The van der Waals surface area contributed by atoms with E-state index in [1.54, 1.807) is 23.7 Å². The van der Waals surface area contributed by atoms with Crippen molar-refractivity contribution in [1.82, 2.24) is 14.7 Å². The van der Waals surface area contributed by atoms with Crippen molar-refractivity contribution >= 4 is 17.5 Å². The second-order valence-corrected chi connectivity index (χ2v) is 7.05. The second-order valence-electron chi connectivity index (χ2n) is 6.61. The normalized spacial score (nSPS) is 10.7. The van der Waals surface area contributed by atoms with Gasteiger partial charge in [-0.05, 0) is 49.7 Å². The standard InChI is InChI=1S/C22H24ClN3O2/c1-4-14-25(17(3)27)15-21-16(2)24-26(19-8-6-5-7-9-19)22(21)28-20-12-10-18(23)11-13-20/h5-13H,4,14-15H2,1-3H3. The Morgan fingerprint density at radius 2 is 1.82 bits per heavy atom. The number of halogens is 1. The van der Waals surface area contributed by atoms with Gasteiger partial charge in [0.05, 0.1) is 23.5 Å². The lowest BCUT2D eigenvalue weighted by Crippen LogP contribution is -2.29. The van der Waals surface area contributed by atoms with Gasteiger partial charge in [-0.25, -0.2) is 4.68 Å². The number of ether oxygens (including phenoxy) is 1. The molecule has 3 rings (SSSR count). The van der Waals surface area contributed by atoms with Crippen LogP contribution < -0.4 is 4.74 Å². The summed E-state index contributed by atoms with van der Waals surface area (Å²) < 4.78 is 8.01. The smallest absolute Gasteiger partial charge is 0.227 e. The Morgan fingerprint density at radius 3 is 2.43 bits per heavy atom. The van der Waals surface area contributed by atoms with E-state index in [4.69, 9.17) is 21.4 Å². The number of carbonyl (C=O) groups excluding carboxylic acids is 1. The molecule has 0 bridgehead atoms. The minimum absolute atomic E-state index is 0.0335. The van der Waals surface area contributed by atoms with Gasteiger partial charge in [0, 0.05) is 18.5 Å². The van der Waals surface area contributed by atoms with Gasteiger partial charge in [0.2, 0.25) is 11.8 Å². The zero-order valence-corrected chi connectivity index (χ0v) is 17.1. The van der Waals surface area contributed by atoms with Crippen LogP contribution in [0.1, 0.15) is 31.5 Å². The molecule has 6 heteroatoms. The second kappa shape index (κ2) is 8.93. The highest BCUT2D eigenvalue weighted by Gasteiger charge is 2.22. The molecule has 0 unspecified atom stereocenters. The Kier molecular flexibility index (Phi) is 6.37. The van der Waals surface area contributed by atoms with E-state index < -0.39 is 0 Å². The molecule has 1 amide bonds. The molecule has 0 radical (unpaired) electrons. The van der Waals surface area contributed by atoms with Crippen molar-refractivity contribution in [3.8, 4) is 17.3 Å². The quantitative estimate of drug-likeness (QED) is 0.537. The predicted octanol–water partition coefficient (Wildman–Crippen LogP) is 5.38. The highest BCUT2D eigenvalue weighted by atomic mass is 35.5. The third-order valence-corrected chi connectivity index (χ3v) is 4.71. The Labute approximate surface area is 170 Å². The number of aryl methyl sites for hydroxylation is 1. The van der Waals surface area contributed by atoms with E-state index in [0.29, 0.717) is 29.7 Å². The molecular formula is C22H24ClN3O2. The van der Waals surface area contributed by atoms with E-state index in [1.165, 1.54) is 0 Å². The highest BCUT2D eigenvalue weighted by Crippen LogP contribution is 2.32. The molecule has 0 N–H and O–H groups in total. The van der Waals surface area contributed by atoms with Gasteiger partial charge in [-0.3, -0.25) is 4.79 Å². The summed E-state index contributed by atoms with van der Waals surface area (Å²) in [5, 5.41) is 5.34. The van der Waals surface area contributed by atoms with Crippen LogP contribution in [0.2, 0.25) is 5.02 Å². The summed E-state index contributed by atoms with van der Waals surface area (Å²) in [6.45, 7) is 6.72. The summed E-state index contributed by atoms with van der Waals surface area (Å²) in [5.41, 5.74) is 2.61. The number of benzene rings is 2. The monoisotopic (exact) mass is 397 g/mol. The van der Waals surface area contributed by atoms with E-state index in [1.807, 2.05) is 54.3 Å². The molecule has 1 aromatic heterocycles. The Hall–Kier alpha value is -2.79.